The van der Waals surface area contributed by atoms with Crippen LogP contribution < -0.4 is 31.8 Å². The van der Waals surface area contributed by atoms with Crippen LogP contribution in [-0.4, -0.2) is 0 Å². The molecule has 446 valence electrons. The van der Waals surface area contributed by atoms with E-state index in [0.29, 0.717) is 0 Å². The Morgan fingerprint density at radius 3 is 0.906 bits per heavy atom. The molecule has 0 heterocycles. The Kier molecular flexibility index (Phi) is 12.0. The first kappa shape index (κ1) is 55.0. The van der Waals surface area contributed by atoms with Gasteiger partial charge in [0.1, 0.15) is 0 Å². The van der Waals surface area contributed by atoms with Gasteiger partial charge in [-0.3, -0.25) is 0 Å². The van der Waals surface area contributed by atoms with Crippen molar-refractivity contribution >= 4 is 197 Å². The van der Waals surface area contributed by atoms with Crippen LogP contribution in [0.5, 0.6) is 0 Å². The lowest BCUT2D eigenvalue weighted by Gasteiger charge is -2.24. The first-order chi connectivity index (χ1) is 47.3. The predicted octanol–water partition coefficient (Wildman–Crippen LogP) is 22.8. The standard InChI is InChI=1S/C92H56O2P2/c93-95(71-44-39-65-47-61-17-1-2-18-62(61)48-69(65)52-71,89-29-13-27-84-79-22-8-7-21-77(79)78-23-9-11-25-82(78)91(84)89)72-45-40-66-50-68-49-63(35-36-64(68)51-70(66)53-72)67-41-46-81-80-24-10-12-26-83(80)92-85(88(81)54-67)28-14-30-90(92)96(94,73-42-37-59-33-31-57-15-3-5-19-75(57)86(59)55-73)74-43-38-60-34-32-58-16-4-6-20-76(58)87(60)56-74/h1-56H. The number of hydrogen-bond donors (Lipinski definition) is 0. The molecule has 0 spiro atoms. The Hall–Kier alpha value is -11.5. The van der Waals surface area contributed by atoms with E-state index in [1.807, 2.05) is 0 Å². The quantitative estimate of drug-likeness (QED) is 0.0905. The largest absolute Gasteiger partial charge is 0.309 e. The summed E-state index contributed by atoms with van der Waals surface area (Å²) in [5, 5.41) is 35.8. The van der Waals surface area contributed by atoms with Crippen LogP contribution in [-0.2, 0) is 9.13 Å². The molecule has 0 radical (unpaired) electrons. The van der Waals surface area contributed by atoms with Crippen molar-refractivity contribution in [1.82, 2.24) is 0 Å². The third kappa shape index (κ3) is 8.20. The van der Waals surface area contributed by atoms with Crippen molar-refractivity contribution < 1.29 is 9.13 Å². The molecule has 0 amide bonds. The van der Waals surface area contributed by atoms with E-state index in [9.17, 15) is 0 Å². The summed E-state index contributed by atoms with van der Waals surface area (Å²) < 4.78 is 35.1. The molecule has 0 bridgehead atoms. The maximum Gasteiger partial charge on any atom is 0.171 e. The molecule has 0 saturated heterocycles. The molecule has 0 saturated carbocycles. The van der Waals surface area contributed by atoms with Crippen molar-refractivity contribution in [2.24, 2.45) is 0 Å². The third-order valence-electron chi connectivity index (χ3n) is 21.0. The maximum atomic E-state index is 17.7. The zero-order valence-electron chi connectivity index (χ0n) is 52.0. The average Bonchev–Trinajstić information content (AvgIpc) is 0.697. The van der Waals surface area contributed by atoms with E-state index in [-0.39, 0.29) is 0 Å². The molecule has 0 aliphatic heterocycles. The molecule has 0 aliphatic rings. The monoisotopic (exact) mass is 1250 g/mol. The lowest BCUT2D eigenvalue weighted by molar-refractivity contribution is 0.592. The normalized spacial score (nSPS) is 13.0. The van der Waals surface area contributed by atoms with Crippen LogP contribution in [0.15, 0.2) is 340 Å². The Bertz CT molecular complexity index is 6750. The highest BCUT2D eigenvalue weighted by molar-refractivity contribution is 7.86. The fourth-order valence-corrected chi connectivity index (χ4v) is 22.2. The molecule has 4 heteroatoms. The minimum Gasteiger partial charge on any atom is -0.309 e. The van der Waals surface area contributed by atoms with Crippen molar-refractivity contribution in [1.29, 1.82) is 0 Å². The van der Waals surface area contributed by atoms with Crippen molar-refractivity contribution in [2.75, 3.05) is 0 Å². The van der Waals surface area contributed by atoms with E-state index in [2.05, 4.69) is 340 Å². The summed E-state index contributed by atoms with van der Waals surface area (Å²) in [6.45, 7) is 0. The minimum atomic E-state index is -3.69. The van der Waals surface area contributed by atoms with Gasteiger partial charge >= 0.3 is 0 Å². The molecular weight excluding hydrogens is 1200 g/mol. The fraction of sp³-hybridized carbons (Fsp3) is 0. The molecule has 1 unspecified atom stereocenters. The summed E-state index contributed by atoms with van der Waals surface area (Å²) >= 11 is 0. The van der Waals surface area contributed by atoms with E-state index in [0.717, 1.165) is 183 Å². The summed E-state index contributed by atoms with van der Waals surface area (Å²) in [5.41, 5.74) is 2.19. The van der Waals surface area contributed by atoms with Crippen molar-refractivity contribution in [3.63, 3.8) is 0 Å². The molecule has 20 aromatic carbocycles. The van der Waals surface area contributed by atoms with Gasteiger partial charge in [-0.15, -0.1) is 0 Å². The summed E-state index contributed by atoms with van der Waals surface area (Å²) in [4.78, 5) is 0. The van der Waals surface area contributed by atoms with Gasteiger partial charge in [-0.1, -0.05) is 279 Å². The van der Waals surface area contributed by atoms with E-state index in [1.54, 1.807) is 0 Å². The van der Waals surface area contributed by atoms with Gasteiger partial charge < -0.3 is 9.13 Å². The lowest BCUT2D eigenvalue weighted by Crippen LogP contribution is -2.26. The van der Waals surface area contributed by atoms with E-state index in [1.165, 1.54) is 10.8 Å². The predicted molar refractivity (Wildman–Crippen MR) is 416 cm³/mol. The highest BCUT2D eigenvalue weighted by atomic mass is 31.2. The van der Waals surface area contributed by atoms with Crippen LogP contribution in [0.4, 0.5) is 0 Å². The van der Waals surface area contributed by atoms with E-state index in [4.69, 9.17) is 0 Å². The SMILES string of the molecule is O=P(c1ccc2cc3ccccc3cc2c1)(c1ccc2cc3cc(-c4ccc5c6ccccc6c6c(P(=O)(c7ccc8ccc9ccccc9c8c7)c7ccc8ccc9ccccc9c8c7)cccc6c5c4)ccc3cc2c1)c1cccc2c3ccccc3c3ccccc3c12. The topological polar surface area (TPSA) is 34.1 Å². The van der Waals surface area contributed by atoms with Gasteiger partial charge in [0.25, 0.3) is 0 Å². The van der Waals surface area contributed by atoms with Crippen LogP contribution in [0.25, 0.3) is 162 Å². The lowest BCUT2D eigenvalue weighted by atomic mass is 9.91. The van der Waals surface area contributed by atoms with Gasteiger partial charge in [-0.2, -0.15) is 0 Å². The Balaban J connectivity index is 0.755. The number of benzene rings is 20. The van der Waals surface area contributed by atoms with Gasteiger partial charge in [0, 0.05) is 42.6 Å². The first-order valence-corrected chi connectivity index (χ1v) is 36.4. The third-order valence-corrected chi connectivity index (χ3v) is 27.1. The molecule has 0 aromatic heterocycles. The van der Waals surface area contributed by atoms with E-state index >= 15 is 9.13 Å². The highest BCUT2D eigenvalue weighted by Gasteiger charge is 2.35. The van der Waals surface area contributed by atoms with Crippen LogP contribution >= 0.6 is 14.3 Å². The van der Waals surface area contributed by atoms with Gasteiger partial charge in [0.05, 0.1) is 0 Å². The Morgan fingerprint density at radius 2 is 0.438 bits per heavy atom. The van der Waals surface area contributed by atoms with E-state index < -0.39 is 14.3 Å². The maximum absolute atomic E-state index is 17.7. The molecular formula is C92H56O2P2. The molecule has 0 fully saturated rings. The summed E-state index contributed by atoms with van der Waals surface area (Å²) in [6.07, 6.45) is 0. The average molecular weight is 1260 g/mol. The molecule has 0 N–H and O–H groups in total. The van der Waals surface area contributed by atoms with Crippen molar-refractivity contribution in [3.05, 3.63) is 340 Å². The molecule has 20 rings (SSSR count). The zero-order chi connectivity index (χ0) is 63.4. The van der Waals surface area contributed by atoms with Crippen LogP contribution in [0.2, 0.25) is 0 Å². The van der Waals surface area contributed by atoms with Crippen LogP contribution in [0.1, 0.15) is 0 Å². The summed E-state index contributed by atoms with van der Waals surface area (Å²) in [6, 6.07) is 122. The molecule has 96 heavy (non-hydrogen) atoms. The second-order valence-electron chi connectivity index (χ2n) is 26.1. The molecule has 1 atom stereocenters. The van der Waals surface area contributed by atoms with Gasteiger partial charge in [0.2, 0.25) is 0 Å². The molecule has 20 aromatic rings. The first-order valence-electron chi connectivity index (χ1n) is 33.0. The van der Waals surface area contributed by atoms with Gasteiger partial charge in [-0.25, -0.2) is 0 Å². The molecule has 0 aliphatic carbocycles. The van der Waals surface area contributed by atoms with Crippen LogP contribution in [0, 0.1) is 0 Å². The highest BCUT2D eigenvalue weighted by Crippen LogP contribution is 2.51. The second kappa shape index (κ2) is 21.0. The summed E-state index contributed by atoms with van der Waals surface area (Å²) in [7, 11) is -7.32. The summed E-state index contributed by atoms with van der Waals surface area (Å²) in [5.74, 6) is 0. The number of rotatable bonds is 7. The fourth-order valence-electron chi connectivity index (χ4n) is 16.3. The van der Waals surface area contributed by atoms with Gasteiger partial charge in [-0.05, 0) is 212 Å². The van der Waals surface area contributed by atoms with Crippen molar-refractivity contribution in [3.8, 4) is 11.1 Å². The van der Waals surface area contributed by atoms with Crippen molar-refractivity contribution in [2.45, 2.75) is 0 Å². The minimum absolute atomic E-state index is 0.794. The smallest absolute Gasteiger partial charge is 0.171 e. The number of fused-ring (bicyclic) bond motifs is 22. The Morgan fingerprint density at radius 1 is 0.156 bits per heavy atom. The Labute approximate surface area is 553 Å². The van der Waals surface area contributed by atoms with Crippen LogP contribution in [0.3, 0.4) is 0 Å². The van der Waals surface area contributed by atoms with Gasteiger partial charge in [0.15, 0.2) is 14.3 Å². The number of hydrogen-bond acceptors (Lipinski definition) is 2. The molecule has 2 nitrogen and oxygen atoms in total. The second-order valence-corrected chi connectivity index (χ2v) is 31.5. The zero-order valence-corrected chi connectivity index (χ0v) is 53.8.